The molecule has 46 heavy (non-hydrogen) atoms. The highest BCUT2D eigenvalue weighted by atomic mass is 16.6. The standard InChI is InChI=1S/C36H41N5O5/c1-22-15-25(36(5,6)45)18-27(16-22)40(31(28-10-8-7-9-23(28)2)32(42)39-26-19-35(3,4)20-26)33(43)29-12-14-46-34(44)41(29)30-17-24(21-37)11-13-38-30/h7-11,13,15-18,26,29,31,45H,12,14,19-20H2,1-6H3,(H,39,42)/t29-,31?/m0/s1. The van der Waals surface area contributed by atoms with Gasteiger partial charge in [-0.15, -0.1) is 0 Å². The molecule has 1 aromatic heterocycles. The fourth-order valence-electron chi connectivity index (χ4n) is 6.46. The fourth-order valence-corrected chi connectivity index (χ4v) is 6.46. The van der Waals surface area contributed by atoms with Crippen LogP contribution >= 0.6 is 0 Å². The van der Waals surface area contributed by atoms with Crippen LogP contribution in [0.1, 0.15) is 80.8 Å². The lowest BCUT2D eigenvalue weighted by Gasteiger charge is -2.44. The van der Waals surface area contributed by atoms with Gasteiger partial charge in [0.1, 0.15) is 17.9 Å². The number of benzene rings is 2. The third-order valence-corrected chi connectivity index (χ3v) is 8.75. The molecule has 0 radical (unpaired) electrons. The van der Waals surface area contributed by atoms with E-state index in [9.17, 15) is 20.0 Å². The number of nitriles is 1. The Hall–Kier alpha value is -4.75. The number of nitrogens with one attached hydrogen (secondary N) is 1. The molecule has 3 amide bonds. The minimum atomic E-state index is -1.24. The number of amides is 3. The number of rotatable bonds is 8. The van der Waals surface area contributed by atoms with Crippen LogP contribution in [-0.2, 0) is 19.9 Å². The molecule has 1 aliphatic heterocycles. The van der Waals surface area contributed by atoms with E-state index in [1.54, 1.807) is 26.0 Å². The van der Waals surface area contributed by atoms with Crippen molar-refractivity contribution < 1.29 is 24.2 Å². The molecule has 2 atom stereocenters. The van der Waals surface area contributed by atoms with E-state index in [1.807, 2.05) is 50.2 Å². The molecule has 2 N–H and O–H groups in total. The lowest BCUT2D eigenvalue weighted by atomic mass is 9.68. The maximum absolute atomic E-state index is 15.1. The van der Waals surface area contributed by atoms with Gasteiger partial charge in [0, 0.05) is 24.3 Å². The minimum absolute atomic E-state index is 0.0152. The van der Waals surface area contributed by atoms with Crippen LogP contribution < -0.4 is 15.1 Å². The summed E-state index contributed by atoms with van der Waals surface area (Å²) in [7, 11) is 0. The topological polar surface area (TPSA) is 136 Å². The summed E-state index contributed by atoms with van der Waals surface area (Å²) in [6.07, 6.45) is 2.37. The summed E-state index contributed by atoms with van der Waals surface area (Å²) in [6, 6.07) is 15.5. The number of cyclic esters (lactones) is 1. The van der Waals surface area contributed by atoms with Gasteiger partial charge in [-0.1, -0.05) is 44.2 Å². The molecular formula is C36H41N5O5. The van der Waals surface area contributed by atoms with Crippen molar-refractivity contribution in [3.8, 4) is 6.07 Å². The molecule has 0 bridgehead atoms. The van der Waals surface area contributed by atoms with E-state index < -0.39 is 29.7 Å². The first-order valence-corrected chi connectivity index (χ1v) is 15.5. The molecule has 1 unspecified atom stereocenters. The van der Waals surface area contributed by atoms with E-state index >= 15 is 4.79 Å². The normalized spacial score (nSPS) is 18.5. The number of aromatic nitrogens is 1. The molecule has 2 heterocycles. The fraction of sp³-hybridized carbons (Fsp3) is 0.417. The molecule has 10 nitrogen and oxygen atoms in total. The zero-order valence-electron chi connectivity index (χ0n) is 27.2. The monoisotopic (exact) mass is 623 g/mol. The van der Waals surface area contributed by atoms with Crippen LogP contribution in [0.2, 0.25) is 0 Å². The average Bonchev–Trinajstić information content (AvgIpc) is 2.98. The second-order valence-electron chi connectivity index (χ2n) is 13.7. The molecule has 5 rings (SSSR count). The summed E-state index contributed by atoms with van der Waals surface area (Å²) < 4.78 is 5.35. The first kappa shape index (κ1) is 32.6. The van der Waals surface area contributed by atoms with Crippen LogP contribution in [0.25, 0.3) is 0 Å². The Bertz CT molecular complexity index is 1700. The zero-order chi connectivity index (χ0) is 33.4. The van der Waals surface area contributed by atoms with Gasteiger partial charge in [-0.3, -0.25) is 14.5 Å². The molecule has 3 aromatic rings. The molecule has 1 saturated heterocycles. The number of pyridine rings is 1. The summed E-state index contributed by atoms with van der Waals surface area (Å²) in [6.45, 7) is 11.4. The molecule has 1 aliphatic carbocycles. The number of carbonyl (C=O) groups excluding carboxylic acids is 3. The van der Waals surface area contributed by atoms with Gasteiger partial charge in [-0.05, 0) is 92.5 Å². The second kappa shape index (κ2) is 12.6. The lowest BCUT2D eigenvalue weighted by molar-refractivity contribution is -0.128. The number of carbonyl (C=O) groups is 3. The average molecular weight is 624 g/mol. The van der Waals surface area contributed by atoms with Crippen molar-refractivity contribution in [1.82, 2.24) is 10.3 Å². The highest BCUT2D eigenvalue weighted by Gasteiger charge is 2.45. The Kier molecular flexibility index (Phi) is 8.91. The number of ether oxygens (including phenoxy) is 1. The van der Waals surface area contributed by atoms with Gasteiger partial charge in [0.25, 0.3) is 5.91 Å². The van der Waals surface area contributed by atoms with Crippen molar-refractivity contribution in [2.75, 3.05) is 16.4 Å². The quantitative estimate of drug-likeness (QED) is 0.334. The SMILES string of the molecule is Cc1cc(N(C(=O)[C@@H]2CCOC(=O)N2c2cc(C#N)ccn2)C(C(=O)NC2CC(C)(C)C2)c2ccccc2C)cc(C(C)(C)O)c1. The van der Waals surface area contributed by atoms with Crippen LogP contribution in [0.4, 0.5) is 16.3 Å². The number of aryl methyl sites for hydroxylation is 2. The van der Waals surface area contributed by atoms with Crippen molar-refractivity contribution in [1.29, 1.82) is 5.26 Å². The number of aliphatic hydroxyl groups is 1. The highest BCUT2D eigenvalue weighted by molar-refractivity contribution is 6.08. The number of hydrogen-bond donors (Lipinski definition) is 2. The molecule has 240 valence electrons. The smallest absolute Gasteiger partial charge is 0.416 e. The third-order valence-electron chi connectivity index (χ3n) is 8.75. The lowest BCUT2D eigenvalue weighted by Crippen LogP contribution is -2.58. The Morgan fingerprint density at radius 1 is 1.15 bits per heavy atom. The summed E-state index contributed by atoms with van der Waals surface area (Å²) >= 11 is 0. The Morgan fingerprint density at radius 2 is 1.87 bits per heavy atom. The van der Waals surface area contributed by atoms with Gasteiger partial charge in [0.05, 0.1) is 23.8 Å². The largest absolute Gasteiger partial charge is 0.449 e. The third kappa shape index (κ3) is 6.75. The number of hydrogen-bond acceptors (Lipinski definition) is 7. The summed E-state index contributed by atoms with van der Waals surface area (Å²) in [5.74, 6) is -0.772. The maximum atomic E-state index is 15.1. The van der Waals surface area contributed by atoms with Gasteiger partial charge in [0.15, 0.2) is 0 Å². The zero-order valence-corrected chi connectivity index (χ0v) is 27.2. The molecule has 10 heteroatoms. The predicted octanol–water partition coefficient (Wildman–Crippen LogP) is 5.59. The van der Waals surface area contributed by atoms with Gasteiger partial charge in [0.2, 0.25) is 5.91 Å². The maximum Gasteiger partial charge on any atom is 0.416 e. The van der Waals surface area contributed by atoms with Crippen LogP contribution in [0.3, 0.4) is 0 Å². The predicted molar refractivity (Wildman–Crippen MR) is 174 cm³/mol. The molecule has 2 aromatic carbocycles. The minimum Gasteiger partial charge on any atom is -0.449 e. The second-order valence-corrected chi connectivity index (χ2v) is 13.7. The Morgan fingerprint density at radius 3 is 2.52 bits per heavy atom. The number of nitrogens with zero attached hydrogens (tertiary/aromatic N) is 4. The molecule has 1 saturated carbocycles. The van der Waals surface area contributed by atoms with Gasteiger partial charge in [-0.2, -0.15) is 5.26 Å². The molecule has 2 aliphatic rings. The van der Waals surface area contributed by atoms with Crippen molar-refractivity contribution in [2.24, 2.45) is 5.41 Å². The summed E-state index contributed by atoms with van der Waals surface area (Å²) in [4.78, 5) is 49.8. The van der Waals surface area contributed by atoms with Crippen LogP contribution in [0, 0.1) is 30.6 Å². The summed E-state index contributed by atoms with van der Waals surface area (Å²) in [5.41, 5.74) is 2.32. The van der Waals surface area contributed by atoms with Crippen molar-refractivity contribution in [2.45, 2.75) is 84.5 Å². The van der Waals surface area contributed by atoms with Gasteiger partial charge in [-0.25, -0.2) is 14.7 Å². The molecule has 0 spiro atoms. The first-order chi connectivity index (χ1) is 21.7. The summed E-state index contributed by atoms with van der Waals surface area (Å²) in [5, 5.41) is 23.7. The van der Waals surface area contributed by atoms with E-state index in [4.69, 9.17) is 4.74 Å². The van der Waals surface area contributed by atoms with E-state index in [-0.39, 0.29) is 41.8 Å². The highest BCUT2D eigenvalue weighted by Crippen LogP contribution is 2.41. The van der Waals surface area contributed by atoms with Crippen molar-refractivity contribution in [3.63, 3.8) is 0 Å². The van der Waals surface area contributed by atoms with Crippen LogP contribution in [0.5, 0.6) is 0 Å². The first-order valence-electron chi connectivity index (χ1n) is 15.5. The molecular weight excluding hydrogens is 582 g/mol. The number of anilines is 2. The van der Waals surface area contributed by atoms with Crippen molar-refractivity contribution >= 4 is 29.4 Å². The van der Waals surface area contributed by atoms with E-state index in [2.05, 4.69) is 24.1 Å². The van der Waals surface area contributed by atoms with Crippen molar-refractivity contribution in [3.05, 3.63) is 88.6 Å². The van der Waals surface area contributed by atoms with Gasteiger partial charge < -0.3 is 15.2 Å². The van der Waals surface area contributed by atoms with E-state index in [0.29, 0.717) is 16.8 Å². The van der Waals surface area contributed by atoms with Crippen LogP contribution in [0.15, 0.2) is 60.8 Å². The van der Waals surface area contributed by atoms with E-state index in [0.717, 1.165) is 28.9 Å². The Balaban J connectivity index is 1.69. The van der Waals surface area contributed by atoms with Crippen LogP contribution in [-0.4, -0.2) is 46.7 Å². The molecule has 2 fully saturated rings. The van der Waals surface area contributed by atoms with Gasteiger partial charge >= 0.3 is 6.09 Å². The van der Waals surface area contributed by atoms with E-state index in [1.165, 1.54) is 23.2 Å². The Labute approximate surface area is 270 Å².